The van der Waals surface area contributed by atoms with Gasteiger partial charge in [-0.3, -0.25) is 9.05 Å². The lowest BCUT2D eigenvalue weighted by Crippen LogP contribution is -2.37. The molecule has 0 amide bonds. The van der Waals surface area contributed by atoms with Crippen molar-refractivity contribution in [3.63, 3.8) is 0 Å². The second-order valence-corrected chi connectivity index (χ2v) is 9.98. The van der Waals surface area contributed by atoms with E-state index in [-0.39, 0.29) is 13.2 Å². The molecule has 0 aromatic rings. The van der Waals surface area contributed by atoms with E-state index in [0.717, 1.165) is 38.5 Å². The number of aliphatic hydroxyl groups excluding tert-OH is 4. The molecule has 0 spiro atoms. The summed E-state index contributed by atoms with van der Waals surface area (Å²) in [4.78, 5) is 17.6. The van der Waals surface area contributed by atoms with Crippen LogP contribution in [0.15, 0.2) is 0 Å². The van der Waals surface area contributed by atoms with Crippen LogP contribution in [-0.2, 0) is 22.5 Å². The van der Waals surface area contributed by atoms with Gasteiger partial charge in [0.2, 0.25) is 0 Å². The molecule has 11 nitrogen and oxygen atoms in total. The summed E-state index contributed by atoms with van der Waals surface area (Å²) in [7, 11) is -9.12. The first-order valence-electron chi connectivity index (χ1n) is 10.2. The summed E-state index contributed by atoms with van der Waals surface area (Å²) >= 11 is 0. The van der Waals surface area contributed by atoms with Gasteiger partial charge in [0.05, 0.1) is 45.1 Å². The van der Waals surface area contributed by atoms with Gasteiger partial charge < -0.3 is 30.2 Å². The van der Waals surface area contributed by atoms with Crippen LogP contribution in [0.1, 0.15) is 65.2 Å². The maximum absolute atomic E-state index is 12.1. The molecule has 0 unspecified atom stereocenters. The van der Waals surface area contributed by atoms with Crippen LogP contribution in [0.3, 0.4) is 0 Å². The van der Waals surface area contributed by atoms with E-state index in [1.165, 1.54) is 0 Å². The molecule has 13 heteroatoms. The number of hydrogen-bond acceptors (Lipinski definition) is 9. The predicted molar refractivity (Wildman–Crippen MR) is 112 cm³/mol. The van der Waals surface area contributed by atoms with Gasteiger partial charge in [0, 0.05) is 0 Å². The van der Waals surface area contributed by atoms with Crippen molar-refractivity contribution >= 4 is 15.6 Å². The molecule has 184 valence electrons. The van der Waals surface area contributed by atoms with Gasteiger partial charge >= 0.3 is 15.6 Å². The zero-order valence-electron chi connectivity index (χ0n) is 18.0. The largest absolute Gasteiger partial charge is 0.483 e. The molecule has 0 aromatic heterocycles. The summed E-state index contributed by atoms with van der Waals surface area (Å²) in [5.74, 6) is 0. The molecule has 0 bridgehead atoms. The summed E-state index contributed by atoms with van der Waals surface area (Å²) in [6.07, 6.45) is 7.19. The lowest BCUT2D eigenvalue weighted by atomic mass is 9.93. The second kappa shape index (κ2) is 18.7. The molecule has 0 saturated carbocycles. The van der Waals surface area contributed by atoms with Gasteiger partial charge in [-0.05, 0) is 12.8 Å². The summed E-state index contributed by atoms with van der Waals surface area (Å²) in [6.45, 7) is 2.67. The van der Waals surface area contributed by atoms with E-state index in [9.17, 15) is 9.13 Å². The zero-order chi connectivity index (χ0) is 23.5. The molecule has 0 aromatic carbocycles. The molecule has 0 aliphatic carbocycles. The molecular formula is C17H40O11P2. The average molecular weight is 482 g/mol. The minimum atomic E-state index is -4.92. The van der Waals surface area contributed by atoms with Gasteiger partial charge in [0.25, 0.3) is 0 Å². The van der Waals surface area contributed by atoms with Crippen molar-refractivity contribution in [2.75, 3.05) is 39.6 Å². The molecule has 0 aliphatic heterocycles. The summed E-state index contributed by atoms with van der Waals surface area (Å²) in [6, 6.07) is 0. The Balaban J connectivity index is 0. The first-order valence-corrected chi connectivity index (χ1v) is 13.2. The highest BCUT2D eigenvalue weighted by Crippen LogP contribution is 2.61. The van der Waals surface area contributed by atoms with Gasteiger partial charge in [-0.2, -0.15) is 4.31 Å². The Morgan fingerprint density at radius 3 is 1.27 bits per heavy atom. The first-order chi connectivity index (χ1) is 14.1. The normalized spacial score (nSPS) is 12.5. The van der Waals surface area contributed by atoms with Crippen LogP contribution in [0.25, 0.3) is 0 Å². The number of phosphoric acid groups is 2. The third-order valence-electron chi connectivity index (χ3n) is 4.04. The van der Waals surface area contributed by atoms with E-state index >= 15 is 0 Å². The van der Waals surface area contributed by atoms with Crippen molar-refractivity contribution in [3.8, 4) is 0 Å². The molecule has 0 fully saturated rings. The Hall–Kier alpha value is 0.100. The highest BCUT2D eigenvalue weighted by atomic mass is 31.3. The van der Waals surface area contributed by atoms with Gasteiger partial charge in [-0.1, -0.05) is 52.4 Å². The van der Waals surface area contributed by atoms with Crippen molar-refractivity contribution in [1.82, 2.24) is 0 Å². The average Bonchev–Trinajstić information content (AvgIpc) is 2.69. The smallest absolute Gasteiger partial charge is 0.396 e. The topological polar surface area (TPSA) is 183 Å². The Morgan fingerprint density at radius 1 is 0.667 bits per heavy atom. The first kappa shape index (κ1) is 32.3. The Morgan fingerprint density at radius 2 is 1.03 bits per heavy atom. The van der Waals surface area contributed by atoms with Crippen molar-refractivity contribution in [3.05, 3.63) is 0 Å². The maximum atomic E-state index is 12.1. The Labute approximate surface area is 179 Å². The molecule has 0 radical (unpaired) electrons. The summed E-state index contributed by atoms with van der Waals surface area (Å²) < 4.78 is 37.2. The Bertz CT molecular complexity index is 445. The van der Waals surface area contributed by atoms with E-state index < -0.39 is 47.5 Å². The molecule has 6 N–H and O–H groups in total. The van der Waals surface area contributed by atoms with E-state index in [4.69, 9.17) is 39.3 Å². The molecular weight excluding hydrogens is 442 g/mol. The van der Waals surface area contributed by atoms with Gasteiger partial charge in [-0.15, -0.1) is 0 Å². The van der Waals surface area contributed by atoms with E-state index in [2.05, 4.69) is 18.2 Å². The summed E-state index contributed by atoms with van der Waals surface area (Å²) in [5.41, 5.74) is -1.11. The lowest BCUT2D eigenvalue weighted by Gasteiger charge is -2.23. The van der Waals surface area contributed by atoms with Crippen LogP contribution < -0.4 is 0 Å². The quantitative estimate of drug-likeness (QED) is 0.124. The van der Waals surface area contributed by atoms with Crippen molar-refractivity contribution in [1.29, 1.82) is 0 Å². The van der Waals surface area contributed by atoms with Crippen LogP contribution in [0, 0.1) is 5.41 Å². The molecule has 0 saturated heterocycles. The predicted octanol–water partition coefficient (Wildman–Crippen LogP) is 2.34. The molecule has 0 rings (SSSR count). The van der Waals surface area contributed by atoms with Crippen LogP contribution in [-0.4, -0.2) is 69.9 Å². The second-order valence-electron chi connectivity index (χ2n) is 6.94. The third-order valence-corrected chi connectivity index (χ3v) is 6.69. The van der Waals surface area contributed by atoms with E-state index in [1.54, 1.807) is 0 Å². The van der Waals surface area contributed by atoms with Gasteiger partial charge in [0.15, 0.2) is 0 Å². The Kier molecular flexibility index (Phi) is 20.1. The fraction of sp³-hybridized carbons (Fsp3) is 1.00. The fourth-order valence-corrected chi connectivity index (χ4v) is 4.12. The minimum absolute atomic E-state index is 0.0895. The molecule has 0 heterocycles. The van der Waals surface area contributed by atoms with E-state index in [0.29, 0.717) is 12.8 Å². The number of phosphoric ester groups is 1. The molecule has 0 atom stereocenters. The van der Waals surface area contributed by atoms with Gasteiger partial charge in [0.1, 0.15) is 0 Å². The fourth-order valence-electron chi connectivity index (χ4n) is 1.93. The maximum Gasteiger partial charge on any atom is 0.483 e. The highest BCUT2D eigenvalue weighted by molar-refractivity contribution is 7.61. The SMILES string of the molecule is CCCCCCOP(=O)(OCCCCCC)OP(=O)(O)O.OCC(CO)(CO)CO. The van der Waals surface area contributed by atoms with Crippen LogP contribution in [0.4, 0.5) is 0 Å². The molecule has 0 aliphatic rings. The third kappa shape index (κ3) is 17.7. The molecule has 30 heavy (non-hydrogen) atoms. The van der Waals surface area contributed by atoms with Crippen molar-refractivity contribution < 1.29 is 52.7 Å². The lowest BCUT2D eigenvalue weighted by molar-refractivity contribution is -0.0328. The van der Waals surface area contributed by atoms with E-state index in [1.807, 2.05) is 0 Å². The number of aliphatic hydroxyl groups is 4. The summed E-state index contributed by atoms with van der Waals surface area (Å²) in [5, 5.41) is 34.0. The van der Waals surface area contributed by atoms with Crippen molar-refractivity contribution in [2.45, 2.75) is 65.2 Å². The van der Waals surface area contributed by atoms with Gasteiger partial charge in [-0.25, -0.2) is 9.13 Å². The highest BCUT2D eigenvalue weighted by Gasteiger charge is 2.35. The number of hydrogen-bond donors (Lipinski definition) is 6. The van der Waals surface area contributed by atoms with Crippen LogP contribution in [0.5, 0.6) is 0 Å². The monoisotopic (exact) mass is 482 g/mol. The standard InChI is InChI=1S/C12H28O7P2.C5H12O4/c1-3-5-7-9-11-17-21(16,19-20(13,14)15)18-12-10-8-6-4-2;6-1-5(2-7,3-8)4-9/h3-12H2,1-2H3,(H2,13,14,15);6-9H,1-4H2. The van der Waals surface area contributed by atoms with Crippen molar-refractivity contribution in [2.24, 2.45) is 5.41 Å². The zero-order valence-corrected chi connectivity index (χ0v) is 19.8. The van der Waals surface area contributed by atoms with Crippen LogP contribution in [0.2, 0.25) is 0 Å². The number of unbranched alkanes of at least 4 members (excludes halogenated alkanes) is 6. The minimum Gasteiger partial charge on any atom is -0.396 e. The number of rotatable bonds is 18. The van der Waals surface area contributed by atoms with Crippen LogP contribution >= 0.6 is 15.6 Å².